The number of carbonyl (C=O) groups excluding carboxylic acids is 1. The van der Waals surface area contributed by atoms with E-state index in [1.807, 2.05) is 0 Å². The third-order valence-electron chi connectivity index (χ3n) is 4.48. The van der Waals surface area contributed by atoms with Crippen molar-refractivity contribution in [1.82, 2.24) is 5.32 Å². The van der Waals surface area contributed by atoms with Crippen LogP contribution < -0.4 is 10.6 Å². The molecular weight excluding hydrogens is 260 g/mol. The first-order valence-electron chi connectivity index (χ1n) is 8.08. The van der Waals surface area contributed by atoms with E-state index < -0.39 is 0 Å². The van der Waals surface area contributed by atoms with Crippen LogP contribution in [-0.2, 0) is 4.79 Å². The number of anilines is 1. The van der Waals surface area contributed by atoms with Crippen molar-refractivity contribution in [2.24, 2.45) is 5.92 Å². The smallest absolute Gasteiger partial charge is 0.229 e. The standard InChI is InChI=1S/C18H28N2O/c1-11(2)14-6-7-17(16(10-14)12(3)4)20-18(21)15-8-9-19-13(15)5/h6-7,10-13,15,19H,8-9H2,1-5H3,(H,20,21). The summed E-state index contributed by atoms with van der Waals surface area (Å²) in [6.07, 6.45) is 0.925. The van der Waals surface area contributed by atoms with Crippen LogP contribution in [0.4, 0.5) is 5.69 Å². The van der Waals surface area contributed by atoms with E-state index in [1.165, 1.54) is 11.1 Å². The molecule has 3 heteroatoms. The topological polar surface area (TPSA) is 41.1 Å². The molecule has 0 aromatic heterocycles. The molecule has 1 amide bonds. The van der Waals surface area contributed by atoms with Gasteiger partial charge >= 0.3 is 0 Å². The van der Waals surface area contributed by atoms with Crippen LogP contribution in [-0.4, -0.2) is 18.5 Å². The van der Waals surface area contributed by atoms with E-state index in [0.29, 0.717) is 11.8 Å². The number of nitrogens with one attached hydrogen (secondary N) is 2. The zero-order valence-electron chi connectivity index (χ0n) is 13.9. The van der Waals surface area contributed by atoms with Crippen LogP contribution in [0.2, 0.25) is 0 Å². The maximum atomic E-state index is 12.5. The first-order chi connectivity index (χ1) is 9.90. The molecule has 116 valence electrons. The van der Waals surface area contributed by atoms with Crippen molar-refractivity contribution in [2.75, 3.05) is 11.9 Å². The Hall–Kier alpha value is -1.35. The average molecular weight is 288 g/mol. The van der Waals surface area contributed by atoms with Crippen molar-refractivity contribution in [3.05, 3.63) is 29.3 Å². The van der Waals surface area contributed by atoms with Crippen molar-refractivity contribution in [1.29, 1.82) is 0 Å². The lowest BCUT2D eigenvalue weighted by molar-refractivity contribution is -0.120. The third-order valence-corrected chi connectivity index (χ3v) is 4.48. The van der Waals surface area contributed by atoms with Crippen molar-refractivity contribution in [3.63, 3.8) is 0 Å². The lowest BCUT2D eigenvalue weighted by atomic mass is 9.93. The van der Waals surface area contributed by atoms with E-state index in [9.17, 15) is 4.79 Å². The van der Waals surface area contributed by atoms with E-state index in [2.05, 4.69) is 63.5 Å². The summed E-state index contributed by atoms with van der Waals surface area (Å²) in [6.45, 7) is 11.8. The van der Waals surface area contributed by atoms with Crippen molar-refractivity contribution in [3.8, 4) is 0 Å². The van der Waals surface area contributed by atoms with E-state index in [1.54, 1.807) is 0 Å². The highest BCUT2D eigenvalue weighted by Crippen LogP contribution is 2.29. The second kappa shape index (κ2) is 6.61. The lowest BCUT2D eigenvalue weighted by Gasteiger charge is -2.20. The number of hydrogen-bond acceptors (Lipinski definition) is 2. The molecule has 1 aromatic rings. The second-order valence-corrected chi connectivity index (χ2v) is 6.78. The number of amides is 1. The molecule has 1 fully saturated rings. The lowest BCUT2D eigenvalue weighted by Crippen LogP contribution is -2.32. The normalized spacial score (nSPS) is 22.0. The fraction of sp³-hybridized carbons (Fsp3) is 0.611. The van der Waals surface area contributed by atoms with E-state index in [-0.39, 0.29) is 17.9 Å². The van der Waals surface area contributed by atoms with Gasteiger partial charge in [-0.1, -0.05) is 39.8 Å². The Morgan fingerprint density at radius 2 is 1.95 bits per heavy atom. The summed E-state index contributed by atoms with van der Waals surface area (Å²) in [7, 11) is 0. The second-order valence-electron chi connectivity index (χ2n) is 6.78. The van der Waals surface area contributed by atoms with Crippen LogP contribution in [0.3, 0.4) is 0 Å². The van der Waals surface area contributed by atoms with Gasteiger partial charge in [-0.05, 0) is 48.9 Å². The highest BCUT2D eigenvalue weighted by atomic mass is 16.1. The highest BCUT2D eigenvalue weighted by Gasteiger charge is 2.29. The quantitative estimate of drug-likeness (QED) is 0.883. The minimum absolute atomic E-state index is 0.0785. The van der Waals surface area contributed by atoms with Crippen molar-refractivity contribution in [2.45, 2.75) is 58.9 Å². The van der Waals surface area contributed by atoms with Gasteiger partial charge in [0.25, 0.3) is 0 Å². The molecule has 21 heavy (non-hydrogen) atoms. The highest BCUT2D eigenvalue weighted by molar-refractivity contribution is 5.94. The summed E-state index contributed by atoms with van der Waals surface area (Å²) in [5.74, 6) is 1.13. The van der Waals surface area contributed by atoms with Crippen molar-refractivity contribution < 1.29 is 4.79 Å². The number of hydrogen-bond donors (Lipinski definition) is 2. The molecule has 0 spiro atoms. The Labute approximate surface area is 128 Å². The summed E-state index contributed by atoms with van der Waals surface area (Å²) in [5, 5.41) is 6.49. The maximum absolute atomic E-state index is 12.5. The first kappa shape index (κ1) is 16.0. The molecule has 0 saturated carbocycles. The van der Waals surface area contributed by atoms with Gasteiger partial charge in [-0.15, -0.1) is 0 Å². The summed E-state index contributed by atoms with van der Waals surface area (Å²) in [5.41, 5.74) is 3.53. The number of rotatable bonds is 4. The van der Waals surface area contributed by atoms with Crippen molar-refractivity contribution >= 4 is 11.6 Å². The zero-order valence-corrected chi connectivity index (χ0v) is 13.9. The fourth-order valence-corrected chi connectivity index (χ4v) is 2.97. The van der Waals surface area contributed by atoms with Crippen LogP contribution in [0, 0.1) is 5.92 Å². The monoisotopic (exact) mass is 288 g/mol. The van der Waals surface area contributed by atoms with E-state index in [4.69, 9.17) is 0 Å². The van der Waals surface area contributed by atoms with Gasteiger partial charge in [-0.25, -0.2) is 0 Å². The molecule has 1 aliphatic heterocycles. The molecule has 2 atom stereocenters. The summed E-state index contributed by atoms with van der Waals surface area (Å²) in [4.78, 5) is 12.5. The van der Waals surface area contributed by atoms with Crippen LogP contribution >= 0.6 is 0 Å². The Balaban J connectivity index is 2.21. The average Bonchev–Trinajstić information content (AvgIpc) is 2.85. The molecule has 0 bridgehead atoms. The van der Waals surface area contributed by atoms with Gasteiger partial charge in [0.1, 0.15) is 0 Å². The van der Waals surface area contributed by atoms with E-state index in [0.717, 1.165) is 18.7 Å². The molecule has 1 saturated heterocycles. The van der Waals surface area contributed by atoms with E-state index >= 15 is 0 Å². The maximum Gasteiger partial charge on any atom is 0.229 e. The first-order valence-corrected chi connectivity index (χ1v) is 8.08. The zero-order chi connectivity index (χ0) is 15.6. The van der Waals surface area contributed by atoms with Crippen LogP contribution in [0.25, 0.3) is 0 Å². The van der Waals surface area contributed by atoms with Gasteiger partial charge in [0.05, 0.1) is 5.92 Å². The molecule has 2 unspecified atom stereocenters. The van der Waals surface area contributed by atoms with Gasteiger partial charge in [0.15, 0.2) is 0 Å². The molecule has 2 rings (SSSR count). The summed E-state index contributed by atoms with van der Waals surface area (Å²) < 4.78 is 0. The third kappa shape index (κ3) is 3.65. The summed E-state index contributed by atoms with van der Waals surface area (Å²) >= 11 is 0. The summed E-state index contributed by atoms with van der Waals surface area (Å²) in [6, 6.07) is 6.70. The number of benzene rings is 1. The molecule has 3 nitrogen and oxygen atoms in total. The van der Waals surface area contributed by atoms with Crippen LogP contribution in [0.1, 0.15) is 64.0 Å². The SMILES string of the molecule is CC(C)c1ccc(NC(=O)C2CCNC2C)c(C(C)C)c1. The molecule has 0 radical (unpaired) electrons. The van der Waals surface area contributed by atoms with Gasteiger partial charge in [0, 0.05) is 11.7 Å². The predicted octanol–water partition coefficient (Wildman–Crippen LogP) is 3.87. The molecule has 1 aromatic carbocycles. The molecule has 1 heterocycles. The van der Waals surface area contributed by atoms with Crippen LogP contribution in [0.15, 0.2) is 18.2 Å². The minimum atomic E-state index is 0.0785. The van der Waals surface area contributed by atoms with Gasteiger partial charge in [0.2, 0.25) is 5.91 Å². The Bertz CT molecular complexity index is 508. The molecular formula is C18H28N2O. The Kier molecular flexibility index (Phi) is 5.04. The predicted molar refractivity (Wildman–Crippen MR) is 88.8 cm³/mol. The molecule has 0 aliphatic carbocycles. The largest absolute Gasteiger partial charge is 0.326 e. The number of carbonyl (C=O) groups is 1. The Morgan fingerprint density at radius 3 is 2.48 bits per heavy atom. The minimum Gasteiger partial charge on any atom is -0.326 e. The molecule has 2 N–H and O–H groups in total. The van der Waals surface area contributed by atoms with Gasteiger partial charge < -0.3 is 10.6 Å². The van der Waals surface area contributed by atoms with Crippen LogP contribution in [0.5, 0.6) is 0 Å². The molecule has 1 aliphatic rings. The Morgan fingerprint density at radius 1 is 1.24 bits per heavy atom. The fourth-order valence-electron chi connectivity index (χ4n) is 2.97. The van der Waals surface area contributed by atoms with Gasteiger partial charge in [-0.2, -0.15) is 0 Å². The van der Waals surface area contributed by atoms with Gasteiger partial charge in [-0.3, -0.25) is 4.79 Å².